The second-order valence-corrected chi connectivity index (χ2v) is 3.42. The Morgan fingerprint density at radius 3 is 2.50 bits per heavy atom. The van der Waals surface area contributed by atoms with Crippen molar-refractivity contribution in [3.63, 3.8) is 0 Å². The third-order valence-corrected chi connectivity index (χ3v) is 2.13. The summed E-state index contributed by atoms with van der Waals surface area (Å²) in [6, 6.07) is 3.14. The van der Waals surface area contributed by atoms with E-state index in [1.54, 1.807) is 19.9 Å². The molecule has 1 N–H and O–H groups in total. The monoisotopic (exact) mass is 254 g/mol. The third-order valence-electron chi connectivity index (χ3n) is 1.44. The molecular formula is C11H11BrO2. The zero-order valence-corrected chi connectivity index (χ0v) is 9.63. The van der Waals surface area contributed by atoms with Gasteiger partial charge in [0.1, 0.15) is 5.75 Å². The molecule has 0 spiro atoms. The lowest BCUT2D eigenvalue weighted by Gasteiger charge is -2.00. The molecule has 0 atom stereocenters. The van der Waals surface area contributed by atoms with Crippen molar-refractivity contribution in [3.8, 4) is 18.1 Å². The predicted octanol–water partition coefficient (Wildman–Crippen LogP) is 2.92. The van der Waals surface area contributed by atoms with Crippen LogP contribution < -0.4 is 0 Å². The highest BCUT2D eigenvalue weighted by molar-refractivity contribution is 9.10. The highest BCUT2D eigenvalue weighted by Crippen LogP contribution is 2.24. The number of benzene rings is 1. The van der Waals surface area contributed by atoms with Gasteiger partial charge >= 0.3 is 0 Å². The largest absolute Gasteiger partial charge is 0.508 e. The molecule has 14 heavy (non-hydrogen) atoms. The first-order chi connectivity index (χ1) is 6.56. The Labute approximate surface area is 92.1 Å². The molecule has 0 aliphatic heterocycles. The lowest BCUT2D eigenvalue weighted by atomic mass is 10.1. The van der Waals surface area contributed by atoms with E-state index in [0.717, 1.165) is 5.56 Å². The van der Waals surface area contributed by atoms with Gasteiger partial charge in [-0.2, -0.15) is 0 Å². The van der Waals surface area contributed by atoms with Gasteiger partial charge in [-0.15, -0.1) is 12.3 Å². The fraction of sp³-hybridized carbons (Fsp3) is 0.182. The van der Waals surface area contributed by atoms with E-state index in [9.17, 15) is 9.90 Å². The molecule has 0 saturated heterocycles. The first kappa shape index (κ1) is 12.7. The van der Waals surface area contributed by atoms with E-state index in [1.165, 1.54) is 6.07 Å². The molecule has 0 heterocycles. The minimum atomic E-state index is 0.148. The van der Waals surface area contributed by atoms with Gasteiger partial charge in [0.15, 0.2) is 6.29 Å². The molecule has 0 saturated carbocycles. The molecule has 0 unspecified atom stereocenters. The fourth-order valence-electron chi connectivity index (χ4n) is 0.768. The fourth-order valence-corrected chi connectivity index (χ4v) is 1.32. The van der Waals surface area contributed by atoms with Gasteiger partial charge < -0.3 is 5.11 Å². The third kappa shape index (κ3) is 3.63. The molecule has 2 nitrogen and oxygen atoms in total. The van der Waals surface area contributed by atoms with Crippen LogP contribution in [-0.2, 0) is 0 Å². The van der Waals surface area contributed by atoms with E-state index in [4.69, 9.17) is 0 Å². The summed E-state index contributed by atoms with van der Waals surface area (Å²) in [5.41, 5.74) is 1.22. The van der Waals surface area contributed by atoms with Gasteiger partial charge in [0.05, 0.1) is 0 Å². The molecule has 0 radical (unpaired) electrons. The first-order valence-electron chi connectivity index (χ1n) is 3.88. The molecule has 1 rings (SSSR count). The van der Waals surface area contributed by atoms with Gasteiger partial charge in [0, 0.05) is 10.0 Å². The number of aromatic hydroxyl groups is 1. The second-order valence-electron chi connectivity index (χ2n) is 2.57. The highest BCUT2D eigenvalue weighted by Gasteiger charge is 2.02. The average molecular weight is 255 g/mol. The normalized spacial score (nSPS) is 8.14. The summed E-state index contributed by atoms with van der Waals surface area (Å²) >= 11 is 3.20. The van der Waals surface area contributed by atoms with Crippen LogP contribution in [0.15, 0.2) is 16.6 Å². The lowest BCUT2D eigenvalue weighted by Crippen LogP contribution is -1.84. The van der Waals surface area contributed by atoms with Crippen LogP contribution in [0.25, 0.3) is 0 Å². The SMILES string of the molecule is C#CC.Cc1cc(Br)c(C=O)cc1O. The Kier molecular flexibility index (Phi) is 5.66. The van der Waals surface area contributed by atoms with Crippen LogP contribution in [0, 0.1) is 19.3 Å². The molecule has 1 aromatic carbocycles. The van der Waals surface area contributed by atoms with Gasteiger partial charge in [0.2, 0.25) is 0 Å². The smallest absolute Gasteiger partial charge is 0.151 e. The zero-order chi connectivity index (χ0) is 11.1. The van der Waals surface area contributed by atoms with Crippen LogP contribution >= 0.6 is 15.9 Å². The van der Waals surface area contributed by atoms with E-state index in [2.05, 4.69) is 28.3 Å². The van der Waals surface area contributed by atoms with Crippen LogP contribution in [0.2, 0.25) is 0 Å². The number of aldehydes is 1. The quantitative estimate of drug-likeness (QED) is 0.618. The van der Waals surface area contributed by atoms with Crippen LogP contribution in [0.1, 0.15) is 22.8 Å². The average Bonchev–Trinajstić information content (AvgIpc) is 2.12. The zero-order valence-electron chi connectivity index (χ0n) is 8.04. The van der Waals surface area contributed by atoms with Crippen LogP contribution in [0.5, 0.6) is 5.75 Å². The maximum absolute atomic E-state index is 10.3. The molecule has 0 amide bonds. The molecule has 0 aromatic heterocycles. The van der Waals surface area contributed by atoms with Crippen LogP contribution in [0.3, 0.4) is 0 Å². The molecule has 0 aliphatic carbocycles. The van der Waals surface area contributed by atoms with E-state index in [1.807, 2.05) is 0 Å². The number of carbonyl (C=O) groups excluding carboxylic acids is 1. The van der Waals surface area contributed by atoms with E-state index in [-0.39, 0.29) is 5.75 Å². The number of halogens is 1. The molecule has 0 bridgehead atoms. The van der Waals surface area contributed by atoms with Crippen molar-refractivity contribution in [2.75, 3.05) is 0 Å². The van der Waals surface area contributed by atoms with Crippen molar-refractivity contribution in [2.24, 2.45) is 0 Å². The Bertz CT molecular complexity index is 364. The second kappa shape index (κ2) is 6.22. The summed E-state index contributed by atoms with van der Waals surface area (Å²) in [6.45, 7) is 3.43. The number of carbonyl (C=O) groups is 1. The van der Waals surface area contributed by atoms with Crippen LogP contribution in [-0.4, -0.2) is 11.4 Å². The maximum atomic E-state index is 10.3. The van der Waals surface area contributed by atoms with Crippen molar-refractivity contribution >= 4 is 22.2 Å². The number of rotatable bonds is 1. The predicted molar refractivity (Wildman–Crippen MR) is 60.4 cm³/mol. The number of phenolic OH excluding ortho intramolecular Hbond substituents is 1. The van der Waals surface area contributed by atoms with Gasteiger partial charge in [0.25, 0.3) is 0 Å². The molecule has 0 fully saturated rings. The van der Waals surface area contributed by atoms with Gasteiger partial charge in [-0.25, -0.2) is 0 Å². The Hall–Kier alpha value is -1.27. The minimum absolute atomic E-state index is 0.148. The van der Waals surface area contributed by atoms with Gasteiger partial charge in [-0.1, -0.05) is 15.9 Å². The molecule has 74 valence electrons. The summed E-state index contributed by atoms with van der Waals surface area (Å²) < 4.78 is 0.711. The van der Waals surface area contributed by atoms with Crippen molar-refractivity contribution in [1.82, 2.24) is 0 Å². The molecular weight excluding hydrogens is 244 g/mol. The van der Waals surface area contributed by atoms with E-state index < -0.39 is 0 Å². The number of aryl methyl sites for hydroxylation is 1. The Balaban J connectivity index is 0.000000500. The summed E-state index contributed by atoms with van der Waals surface area (Å²) in [5, 5.41) is 9.18. The number of hydrogen-bond acceptors (Lipinski definition) is 2. The Morgan fingerprint density at radius 2 is 2.07 bits per heavy atom. The standard InChI is InChI=1S/C8H7BrO2.C3H4/c1-5-2-7(9)6(4-10)3-8(5)11;1-3-2/h2-4,11H,1H3;1H,2H3. The van der Waals surface area contributed by atoms with E-state index in [0.29, 0.717) is 16.3 Å². The molecule has 0 aliphatic rings. The molecule has 1 aromatic rings. The summed E-state index contributed by atoms with van der Waals surface area (Å²) in [7, 11) is 0. The number of hydrogen-bond donors (Lipinski definition) is 1. The van der Waals surface area contributed by atoms with E-state index >= 15 is 0 Å². The van der Waals surface area contributed by atoms with Crippen LogP contribution in [0.4, 0.5) is 0 Å². The summed E-state index contributed by atoms with van der Waals surface area (Å²) in [6.07, 6.45) is 5.29. The number of terminal acetylenes is 1. The first-order valence-corrected chi connectivity index (χ1v) is 4.67. The Morgan fingerprint density at radius 1 is 1.57 bits per heavy atom. The highest BCUT2D eigenvalue weighted by atomic mass is 79.9. The van der Waals surface area contributed by atoms with Crippen molar-refractivity contribution in [3.05, 3.63) is 27.7 Å². The number of phenols is 1. The minimum Gasteiger partial charge on any atom is -0.508 e. The summed E-state index contributed by atoms with van der Waals surface area (Å²) in [5.74, 6) is 2.40. The van der Waals surface area contributed by atoms with Gasteiger partial charge in [-0.3, -0.25) is 4.79 Å². The van der Waals surface area contributed by atoms with Gasteiger partial charge in [-0.05, 0) is 31.5 Å². The van der Waals surface area contributed by atoms with Crippen molar-refractivity contribution in [2.45, 2.75) is 13.8 Å². The maximum Gasteiger partial charge on any atom is 0.151 e. The summed E-state index contributed by atoms with van der Waals surface area (Å²) in [4.78, 5) is 10.3. The lowest BCUT2D eigenvalue weighted by molar-refractivity contribution is 0.112. The topological polar surface area (TPSA) is 37.3 Å². The molecule has 3 heteroatoms. The van der Waals surface area contributed by atoms with Crippen molar-refractivity contribution < 1.29 is 9.90 Å². The van der Waals surface area contributed by atoms with Crippen molar-refractivity contribution in [1.29, 1.82) is 0 Å².